The van der Waals surface area contributed by atoms with Crippen molar-refractivity contribution in [1.82, 2.24) is 0 Å². The van der Waals surface area contributed by atoms with E-state index in [-0.39, 0.29) is 0 Å². The zero-order valence-corrected chi connectivity index (χ0v) is 41.6. The summed E-state index contributed by atoms with van der Waals surface area (Å²) in [6.45, 7) is 0. The Morgan fingerprint density at radius 2 is 0.605 bits per heavy atom. The Bertz CT molecular complexity index is 4070. The van der Waals surface area contributed by atoms with E-state index in [0.717, 1.165) is 136 Å². The van der Waals surface area contributed by atoms with Crippen LogP contribution in [-0.2, 0) is 0 Å². The second-order valence-electron chi connectivity index (χ2n) is 19.2. The third-order valence-electron chi connectivity index (χ3n) is 14.5. The lowest BCUT2D eigenvalue weighted by Gasteiger charge is -2.30. The van der Waals surface area contributed by atoms with Crippen LogP contribution in [0, 0.1) is 0 Å². The van der Waals surface area contributed by atoms with Gasteiger partial charge in [0, 0.05) is 90.6 Å². The third kappa shape index (κ3) is 7.83. The van der Waals surface area contributed by atoms with Crippen LogP contribution in [0.1, 0.15) is 12.8 Å². The van der Waals surface area contributed by atoms with Gasteiger partial charge in [0.2, 0.25) is 0 Å². The van der Waals surface area contributed by atoms with Crippen LogP contribution in [0.4, 0.5) is 62.6 Å². The molecule has 0 unspecified atom stereocenters. The Balaban J connectivity index is 1.13. The largest absolute Gasteiger partial charge is 0.455 e. The van der Waals surface area contributed by atoms with E-state index in [2.05, 4.69) is 299 Å². The summed E-state index contributed by atoms with van der Waals surface area (Å²) in [4.78, 5) is 9.36. The van der Waals surface area contributed by atoms with Crippen LogP contribution >= 0.6 is 0 Å². The quantitative estimate of drug-likeness (QED) is 0.121. The van der Waals surface area contributed by atoms with Gasteiger partial charge in [0.1, 0.15) is 22.3 Å². The number of para-hydroxylation sites is 7. The molecule has 0 amide bonds. The van der Waals surface area contributed by atoms with Crippen molar-refractivity contribution in [3.8, 4) is 0 Å². The number of nitrogens with zero attached hydrogens (tertiary/aromatic N) is 4. The Kier molecular flexibility index (Phi) is 11.2. The van der Waals surface area contributed by atoms with Crippen molar-refractivity contribution in [2.24, 2.45) is 0 Å². The van der Waals surface area contributed by atoms with E-state index in [1.165, 1.54) is 0 Å². The molecule has 2 aromatic heterocycles. The molecule has 0 aliphatic heterocycles. The summed E-state index contributed by atoms with van der Waals surface area (Å²) in [6, 6.07) is 92.3. The van der Waals surface area contributed by atoms with Crippen molar-refractivity contribution in [1.29, 1.82) is 0 Å². The molecule has 2 heterocycles. The highest BCUT2D eigenvalue weighted by Crippen LogP contribution is 2.54. The minimum atomic E-state index is 0.763. The molecule has 0 saturated heterocycles. The first-order chi connectivity index (χ1) is 37.7. The van der Waals surface area contributed by atoms with Gasteiger partial charge in [0.05, 0.1) is 22.1 Å². The Morgan fingerprint density at radius 3 is 0.947 bits per heavy atom. The molecule has 0 N–H and O–H groups in total. The fourth-order valence-corrected chi connectivity index (χ4v) is 11.2. The van der Waals surface area contributed by atoms with Gasteiger partial charge in [-0.05, 0) is 140 Å². The monoisotopic (exact) mass is 978 g/mol. The first-order valence-electron chi connectivity index (χ1n) is 26.0. The van der Waals surface area contributed by atoms with Crippen LogP contribution in [0.5, 0.6) is 0 Å². The lowest BCUT2D eigenvalue weighted by molar-refractivity contribution is 0.669. The van der Waals surface area contributed by atoms with Gasteiger partial charge in [-0.1, -0.05) is 140 Å². The third-order valence-corrected chi connectivity index (χ3v) is 14.5. The average molecular weight is 979 g/mol. The SMILES string of the molecule is C1=CC(N(c2ccccc2)c2ccc3c(c2)oc2c3cc(N(c3ccccc3)c3ccccc3)c3c4oc5cc(N(c6ccccc6)c6ccccc6)ccc5c4cc(N(c4ccccc4)c4ccccc4)c23)=CCC1. The van der Waals surface area contributed by atoms with Gasteiger partial charge in [-0.3, -0.25) is 0 Å². The summed E-state index contributed by atoms with van der Waals surface area (Å²) < 4.78 is 15.0. The average Bonchev–Trinajstić information content (AvgIpc) is 4.13. The molecule has 0 radical (unpaired) electrons. The van der Waals surface area contributed by atoms with E-state index < -0.39 is 0 Å². The standard InChI is InChI=1S/C70H50N4O2/c1-9-25-49(26-10-1)71(50-27-11-2-12-28-50)57-41-43-59-61-47-63(73(53-33-17-5-18-34-53)54-35-19-6-20-36-54)68-67(69(61)75-65(59)45-57)64(74(55-37-21-7-22-38-55)56-39-23-8-24-40-56)48-62-60-44-42-58(46-66(60)76-70(62)68)72(51-29-13-3-14-30-51)52-31-15-4-16-32-52/h1-3,5-15,17-48H,4,16H2. The number of hydrogen-bond donors (Lipinski definition) is 0. The van der Waals surface area contributed by atoms with Gasteiger partial charge in [-0.2, -0.15) is 0 Å². The molecule has 6 heteroatoms. The van der Waals surface area contributed by atoms with Crippen LogP contribution in [0.25, 0.3) is 54.6 Å². The summed E-state index contributed by atoms with van der Waals surface area (Å²) in [5, 5.41) is 5.84. The van der Waals surface area contributed by atoms with Gasteiger partial charge in [-0.25, -0.2) is 0 Å². The van der Waals surface area contributed by atoms with Crippen molar-refractivity contribution in [2.75, 3.05) is 19.6 Å². The predicted molar refractivity (Wildman–Crippen MR) is 318 cm³/mol. The van der Waals surface area contributed by atoms with E-state index in [4.69, 9.17) is 8.83 Å². The van der Waals surface area contributed by atoms with Crippen LogP contribution in [0.2, 0.25) is 0 Å². The molecular formula is C70H50N4O2. The normalized spacial score (nSPS) is 12.4. The molecule has 76 heavy (non-hydrogen) atoms. The summed E-state index contributed by atoms with van der Waals surface area (Å²) in [7, 11) is 0. The van der Waals surface area contributed by atoms with E-state index in [1.807, 2.05) is 0 Å². The molecule has 1 aliphatic rings. The highest BCUT2D eigenvalue weighted by atomic mass is 16.3. The van der Waals surface area contributed by atoms with E-state index in [1.54, 1.807) is 0 Å². The number of furan rings is 2. The molecule has 13 aromatic rings. The number of allylic oxidation sites excluding steroid dienone is 3. The molecular weight excluding hydrogens is 929 g/mol. The van der Waals surface area contributed by atoms with Crippen LogP contribution in [0.3, 0.4) is 0 Å². The second-order valence-corrected chi connectivity index (χ2v) is 19.2. The fraction of sp³-hybridized carbons (Fsp3) is 0.0286. The number of rotatable bonds is 12. The summed E-state index contributed by atoms with van der Waals surface area (Å²) in [5.41, 5.74) is 15.4. The number of anilines is 11. The molecule has 0 spiro atoms. The van der Waals surface area contributed by atoms with Crippen molar-refractivity contribution in [3.63, 3.8) is 0 Å². The Hall–Kier alpha value is -10.0. The maximum Gasteiger partial charge on any atom is 0.145 e. The highest BCUT2D eigenvalue weighted by molar-refractivity contribution is 6.31. The molecule has 1 aliphatic carbocycles. The second kappa shape index (κ2) is 19.1. The molecule has 0 atom stereocenters. The van der Waals surface area contributed by atoms with Crippen molar-refractivity contribution < 1.29 is 8.83 Å². The van der Waals surface area contributed by atoms with Gasteiger partial charge < -0.3 is 28.4 Å². The smallest absolute Gasteiger partial charge is 0.145 e. The molecule has 6 nitrogen and oxygen atoms in total. The molecule has 11 aromatic carbocycles. The highest BCUT2D eigenvalue weighted by Gasteiger charge is 2.30. The zero-order chi connectivity index (χ0) is 50.4. The number of benzene rings is 11. The molecule has 0 fully saturated rings. The summed E-state index contributed by atoms with van der Waals surface area (Å²) >= 11 is 0. The molecule has 0 bridgehead atoms. The van der Waals surface area contributed by atoms with Crippen molar-refractivity contribution >= 4 is 117 Å². The summed E-state index contributed by atoms with van der Waals surface area (Å²) in [5.74, 6) is 0. The van der Waals surface area contributed by atoms with Crippen molar-refractivity contribution in [2.45, 2.75) is 12.8 Å². The van der Waals surface area contributed by atoms with Gasteiger partial charge in [0.15, 0.2) is 0 Å². The van der Waals surface area contributed by atoms with Crippen molar-refractivity contribution in [3.05, 3.63) is 285 Å². The number of hydrogen-bond acceptors (Lipinski definition) is 6. The minimum absolute atomic E-state index is 0.763. The fourth-order valence-electron chi connectivity index (χ4n) is 11.2. The summed E-state index contributed by atoms with van der Waals surface area (Å²) in [6.07, 6.45) is 8.83. The topological polar surface area (TPSA) is 39.2 Å². The lowest BCUT2D eigenvalue weighted by Crippen LogP contribution is -2.15. The van der Waals surface area contributed by atoms with E-state index >= 15 is 0 Å². The minimum Gasteiger partial charge on any atom is -0.455 e. The van der Waals surface area contributed by atoms with Crippen LogP contribution in [-0.4, -0.2) is 0 Å². The van der Waals surface area contributed by atoms with Crippen LogP contribution < -0.4 is 19.6 Å². The first kappa shape index (κ1) is 44.6. The maximum absolute atomic E-state index is 7.50. The Morgan fingerprint density at radius 1 is 0.276 bits per heavy atom. The van der Waals surface area contributed by atoms with E-state index in [9.17, 15) is 0 Å². The van der Waals surface area contributed by atoms with E-state index in [0.29, 0.717) is 0 Å². The number of fused-ring (bicyclic) bond motifs is 9. The molecule has 362 valence electrons. The van der Waals surface area contributed by atoms with Gasteiger partial charge >= 0.3 is 0 Å². The molecule has 0 saturated carbocycles. The lowest BCUT2D eigenvalue weighted by atomic mass is 9.96. The zero-order valence-electron chi connectivity index (χ0n) is 41.6. The van der Waals surface area contributed by atoms with Gasteiger partial charge in [-0.15, -0.1) is 0 Å². The molecule has 14 rings (SSSR count). The predicted octanol–water partition coefficient (Wildman–Crippen LogP) is 20.4. The van der Waals surface area contributed by atoms with Gasteiger partial charge in [0.25, 0.3) is 0 Å². The Labute approximate surface area is 441 Å². The van der Waals surface area contributed by atoms with Crippen LogP contribution in [0.15, 0.2) is 294 Å². The maximum atomic E-state index is 7.50. The first-order valence-corrected chi connectivity index (χ1v) is 26.0.